The van der Waals surface area contributed by atoms with E-state index in [1.165, 1.54) is 11.3 Å². The van der Waals surface area contributed by atoms with Crippen LogP contribution in [0.25, 0.3) is 0 Å². The number of benzene rings is 1. The highest BCUT2D eigenvalue weighted by Gasteiger charge is 2.30. The molecule has 3 rings (SSSR count). The van der Waals surface area contributed by atoms with Crippen LogP contribution in [0.5, 0.6) is 0 Å². The number of unbranched alkanes of at least 4 members (excludes halogenated alkanes) is 2. The molecule has 2 amide bonds. The van der Waals surface area contributed by atoms with Gasteiger partial charge in [0, 0.05) is 17.0 Å². The number of aryl methyl sites for hydroxylation is 1. The molecule has 0 saturated carbocycles. The molecule has 0 bridgehead atoms. The molecule has 0 saturated heterocycles. The van der Waals surface area contributed by atoms with Crippen molar-refractivity contribution in [3.05, 3.63) is 46.5 Å². The molecule has 5 nitrogen and oxygen atoms in total. The van der Waals surface area contributed by atoms with E-state index >= 15 is 0 Å². The van der Waals surface area contributed by atoms with Crippen LogP contribution in [0.1, 0.15) is 65.9 Å². The largest absolute Gasteiger partial charge is 0.356 e. The minimum atomic E-state index is -0.195. The van der Waals surface area contributed by atoms with Gasteiger partial charge in [0.2, 0.25) is 5.91 Å². The number of anilines is 1. The summed E-state index contributed by atoms with van der Waals surface area (Å²) in [5, 5.41) is 6.49. The van der Waals surface area contributed by atoms with E-state index in [4.69, 9.17) is 0 Å². The average Bonchev–Trinajstić information content (AvgIpc) is 3.08. The van der Waals surface area contributed by atoms with E-state index in [-0.39, 0.29) is 17.7 Å². The van der Waals surface area contributed by atoms with Crippen molar-refractivity contribution in [2.24, 2.45) is 0 Å². The molecular formula is C20H25N3O2S. The molecule has 1 aliphatic rings. The molecule has 0 aliphatic heterocycles. The van der Waals surface area contributed by atoms with Gasteiger partial charge in [0.05, 0.1) is 11.6 Å². The summed E-state index contributed by atoms with van der Waals surface area (Å²) in [7, 11) is 0. The van der Waals surface area contributed by atoms with Gasteiger partial charge in [-0.1, -0.05) is 38.0 Å². The summed E-state index contributed by atoms with van der Waals surface area (Å²) in [6, 6.07) is 9.09. The van der Waals surface area contributed by atoms with Crippen molar-refractivity contribution in [2.45, 2.75) is 51.4 Å². The van der Waals surface area contributed by atoms with Crippen LogP contribution in [0.15, 0.2) is 30.3 Å². The smallest absolute Gasteiger partial charge is 0.257 e. The summed E-state index contributed by atoms with van der Waals surface area (Å²) < 4.78 is 0. The molecule has 1 aromatic carbocycles. The predicted octanol–water partition coefficient (Wildman–Crippen LogP) is 4.12. The second-order valence-electron chi connectivity index (χ2n) is 6.59. The maximum absolute atomic E-state index is 12.5. The number of hydrogen-bond donors (Lipinski definition) is 2. The van der Waals surface area contributed by atoms with Gasteiger partial charge in [-0.25, -0.2) is 4.98 Å². The minimum absolute atomic E-state index is 0.0632. The van der Waals surface area contributed by atoms with Crippen molar-refractivity contribution in [1.82, 2.24) is 10.3 Å². The fourth-order valence-electron chi connectivity index (χ4n) is 3.20. The van der Waals surface area contributed by atoms with E-state index in [9.17, 15) is 9.59 Å². The van der Waals surface area contributed by atoms with Crippen LogP contribution in [0.3, 0.4) is 0 Å². The summed E-state index contributed by atoms with van der Waals surface area (Å²) in [4.78, 5) is 30.6. The highest BCUT2D eigenvalue weighted by molar-refractivity contribution is 7.15. The normalized spacial score (nSPS) is 16.0. The molecule has 2 aromatic rings. The molecule has 1 aliphatic carbocycles. The third-order valence-corrected chi connectivity index (χ3v) is 5.65. The molecule has 0 radical (unpaired) electrons. The van der Waals surface area contributed by atoms with Gasteiger partial charge in [-0.3, -0.25) is 14.9 Å². The van der Waals surface area contributed by atoms with Gasteiger partial charge in [-0.05, 0) is 37.8 Å². The molecule has 1 aromatic heterocycles. The van der Waals surface area contributed by atoms with E-state index in [1.807, 2.05) is 18.2 Å². The summed E-state index contributed by atoms with van der Waals surface area (Å²) >= 11 is 1.49. The van der Waals surface area contributed by atoms with Gasteiger partial charge in [0.15, 0.2) is 5.13 Å². The highest BCUT2D eigenvalue weighted by atomic mass is 32.1. The second-order valence-corrected chi connectivity index (χ2v) is 7.67. The third-order valence-electron chi connectivity index (χ3n) is 4.61. The van der Waals surface area contributed by atoms with Crippen LogP contribution < -0.4 is 10.6 Å². The number of nitrogens with zero attached hydrogens (tertiary/aromatic N) is 1. The van der Waals surface area contributed by atoms with E-state index in [0.29, 0.717) is 10.7 Å². The molecule has 0 spiro atoms. The van der Waals surface area contributed by atoms with Gasteiger partial charge < -0.3 is 5.32 Å². The Balaban J connectivity index is 1.67. The van der Waals surface area contributed by atoms with Crippen molar-refractivity contribution < 1.29 is 9.59 Å². The number of nitrogens with one attached hydrogen (secondary N) is 2. The Morgan fingerprint density at radius 1 is 1.23 bits per heavy atom. The Hall–Kier alpha value is -2.21. The van der Waals surface area contributed by atoms with Crippen LogP contribution in [-0.4, -0.2) is 23.3 Å². The van der Waals surface area contributed by atoms with Gasteiger partial charge in [0.1, 0.15) is 0 Å². The molecule has 26 heavy (non-hydrogen) atoms. The number of hydrogen-bond acceptors (Lipinski definition) is 4. The van der Waals surface area contributed by atoms with Crippen LogP contribution in [-0.2, 0) is 11.2 Å². The maximum atomic E-state index is 12.5. The maximum Gasteiger partial charge on any atom is 0.257 e. The summed E-state index contributed by atoms with van der Waals surface area (Å²) in [5.41, 5.74) is 1.45. The van der Waals surface area contributed by atoms with E-state index in [0.717, 1.165) is 55.6 Å². The van der Waals surface area contributed by atoms with Crippen molar-refractivity contribution in [1.29, 1.82) is 0 Å². The van der Waals surface area contributed by atoms with Crippen LogP contribution in [0.4, 0.5) is 5.13 Å². The molecular weight excluding hydrogens is 346 g/mol. The fourth-order valence-corrected chi connectivity index (χ4v) is 4.26. The third kappa shape index (κ3) is 4.49. The van der Waals surface area contributed by atoms with Crippen LogP contribution >= 0.6 is 11.3 Å². The lowest BCUT2D eigenvalue weighted by atomic mass is 9.90. The van der Waals surface area contributed by atoms with E-state index < -0.39 is 0 Å². The first-order valence-electron chi connectivity index (χ1n) is 9.32. The zero-order valence-corrected chi connectivity index (χ0v) is 15.9. The lowest BCUT2D eigenvalue weighted by molar-refractivity contribution is -0.122. The minimum Gasteiger partial charge on any atom is -0.356 e. The number of thiazole rings is 1. The van der Waals surface area contributed by atoms with Gasteiger partial charge in [-0.2, -0.15) is 0 Å². The van der Waals surface area contributed by atoms with E-state index in [2.05, 4.69) is 22.5 Å². The Bertz CT molecular complexity index is 758. The van der Waals surface area contributed by atoms with E-state index in [1.54, 1.807) is 12.1 Å². The predicted molar refractivity (Wildman–Crippen MR) is 105 cm³/mol. The molecule has 1 atom stereocenters. The Labute approximate surface area is 158 Å². The van der Waals surface area contributed by atoms with Gasteiger partial charge in [-0.15, -0.1) is 11.3 Å². The standard InChI is InChI=1S/C20H25N3O2S/c1-2-3-7-13-21-19(25)15-11-8-12-16-17(15)22-20(26-16)23-18(24)14-9-5-4-6-10-14/h4-6,9-10,15H,2-3,7-8,11-13H2,1H3,(H,21,25)(H,22,23,24). The summed E-state index contributed by atoms with van der Waals surface area (Å²) in [6.07, 6.45) is 6.00. The number of carbonyl (C=O) groups is 2. The zero-order chi connectivity index (χ0) is 18.4. The van der Waals surface area contributed by atoms with Crippen molar-refractivity contribution >= 4 is 28.3 Å². The quantitative estimate of drug-likeness (QED) is 0.719. The van der Waals surface area contributed by atoms with Crippen molar-refractivity contribution in [3.8, 4) is 0 Å². The van der Waals surface area contributed by atoms with Crippen LogP contribution in [0.2, 0.25) is 0 Å². The first-order valence-corrected chi connectivity index (χ1v) is 10.1. The topological polar surface area (TPSA) is 71.1 Å². The molecule has 1 unspecified atom stereocenters. The highest BCUT2D eigenvalue weighted by Crippen LogP contribution is 2.37. The molecule has 6 heteroatoms. The second kappa shape index (κ2) is 8.94. The Kier molecular flexibility index (Phi) is 6.39. The van der Waals surface area contributed by atoms with Gasteiger partial charge >= 0.3 is 0 Å². The number of aromatic nitrogens is 1. The molecule has 138 valence electrons. The summed E-state index contributed by atoms with van der Waals surface area (Å²) in [6.45, 7) is 2.87. The van der Waals surface area contributed by atoms with Gasteiger partial charge in [0.25, 0.3) is 5.91 Å². The van der Waals surface area contributed by atoms with Crippen molar-refractivity contribution in [3.63, 3.8) is 0 Å². The monoisotopic (exact) mass is 371 g/mol. The fraction of sp³-hybridized carbons (Fsp3) is 0.450. The molecule has 0 fully saturated rings. The lowest BCUT2D eigenvalue weighted by Gasteiger charge is -2.20. The Morgan fingerprint density at radius 2 is 2.04 bits per heavy atom. The number of carbonyl (C=O) groups excluding carboxylic acids is 2. The number of fused-ring (bicyclic) bond motifs is 1. The zero-order valence-electron chi connectivity index (χ0n) is 15.1. The summed E-state index contributed by atoms with van der Waals surface area (Å²) in [5.74, 6) is -0.301. The number of amides is 2. The molecule has 2 N–H and O–H groups in total. The average molecular weight is 372 g/mol. The molecule has 1 heterocycles. The first kappa shape index (κ1) is 18.6. The van der Waals surface area contributed by atoms with Crippen LogP contribution in [0, 0.1) is 0 Å². The van der Waals surface area contributed by atoms with Crippen molar-refractivity contribution in [2.75, 3.05) is 11.9 Å². The number of rotatable bonds is 7. The Morgan fingerprint density at radius 3 is 2.81 bits per heavy atom. The lowest BCUT2D eigenvalue weighted by Crippen LogP contribution is -2.32. The SMILES string of the molecule is CCCCCNC(=O)C1CCCc2sc(NC(=O)c3ccccc3)nc21. The first-order chi connectivity index (χ1) is 12.7.